The number of ether oxygens (including phenoxy) is 2. The molecule has 0 saturated carbocycles. The lowest BCUT2D eigenvalue weighted by atomic mass is 10.3. The number of aromatic nitrogens is 2. The number of amides is 2. The van der Waals surface area contributed by atoms with E-state index in [2.05, 4.69) is 25.5 Å². The van der Waals surface area contributed by atoms with E-state index in [1.165, 1.54) is 0 Å². The first-order valence-electron chi connectivity index (χ1n) is 8.50. The molecule has 8 heteroatoms. The second-order valence-electron chi connectivity index (χ2n) is 5.94. The Bertz CT molecular complexity index is 745. The van der Waals surface area contributed by atoms with Crippen LogP contribution < -0.4 is 20.3 Å². The second kappa shape index (κ2) is 8.48. The zero-order valence-corrected chi connectivity index (χ0v) is 15.0. The van der Waals surface area contributed by atoms with Crippen molar-refractivity contribution in [1.82, 2.24) is 15.3 Å². The highest BCUT2D eigenvalue weighted by molar-refractivity contribution is 5.89. The number of methoxy groups -OCH3 is 1. The maximum Gasteiger partial charge on any atom is 0.319 e. The molecule has 0 radical (unpaired) electrons. The molecule has 1 saturated heterocycles. The van der Waals surface area contributed by atoms with Crippen LogP contribution in [0.15, 0.2) is 30.3 Å². The summed E-state index contributed by atoms with van der Waals surface area (Å²) in [5, 5.41) is 5.60. The van der Waals surface area contributed by atoms with E-state index in [1.807, 2.05) is 13.0 Å². The Balaban J connectivity index is 1.57. The molecule has 0 atom stereocenters. The molecule has 0 aliphatic carbocycles. The smallest absolute Gasteiger partial charge is 0.319 e. The summed E-state index contributed by atoms with van der Waals surface area (Å²) in [7, 11) is 1.60. The Morgan fingerprint density at radius 2 is 1.96 bits per heavy atom. The van der Waals surface area contributed by atoms with Gasteiger partial charge in [-0.15, -0.1) is 0 Å². The molecule has 2 aromatic rings. The van der Waals surface area contributed by atoms with Gasteiger partial charge >= 0.3 is 6.03 Å². The van der Waals surface area contributed by atoms with E-state index < -0.39 is 0 Å². The largest absolute Gasteiger partial charge is 0.497 e. The molecule has 2 amide bonds. The highest BCUT2D eigenvalue weighted by atomic mass is 16.5. The van der Waals surface area contributed by atoms with E-state index in [9.17, 15) is 4.79 Å². The van der Waals surface area contributed by atoms with Gasteiger partial charge < -0.3 is 25.0 Å². The van der Waals surface area contributed by atoms with Crippen LogP contribution in [0.4, 0.5) is 16.4 Å². The topological polar surface area (TPSA) is 88.6 Å². The van der Waals surface area contributed by atoms with Crippen molar-refractivity contribution in [2.24, 2.45) is 0 Å². The minimum Gasteiger partial charge on any atom is -0.497 e. The summed E-state index contributed by atoms with van der Waals surface area (Å²) in [5.41, 5.74) is 2.33. The van der Waals surface area contributed by atoms with Gasteiger partial charge in [0.05, 0.1) is 32.6 Å². The Morgan fingerprint density at radius 3 is 2.65 bits per heavy atom. The molecule has 26 heavy (non-hydrogen) atoms. The number of carbonyl (C=O) groups excluding carboxylic acids is 1. The van der Waals surface area contributed by atoms with E-state index in [0.717, 1.165) is 30.2 Å². The van der Waals surface area contributed by atoms with Crippen molar-refractivity contribution in [2.75, 3.05) is 43.6 Å². The highest BCUT2D eigenvalue weighted by Crippen LogP contribution is 2.15. The standard InChI is InChI=1S/C18H23N5O3/c1-13-11-15(21-17(20-13)23-7-9-26-10-8-23)12-19-18(24)22-14-3-5-16(25-2)6-4-14/h3-6,11H,7-10,12H2,1-2H3,(H2,19,22,24). The summed E-state index contributed by atoms with van der Waals surface area (Å²) in [6.07, 6.45) is 0. The average Bonchev–Trinajstić information content (AvgIpc) is 2.67. The van der Waals surface area contributed by atoms with Gasteiger partial charge in [-0.3, -0.25) is 0 Å². The van der Waals surface area contributed by atoms with Gasteiger partial charge in [0.1, 0.15) is 5.75 Å². The maximum atomic E-state index is 12.1. The number of carbonyl (C=O) groups is 1. The molecule has 3 rings (SSSR count). The van der Waals surface area contributed by atoms with Gasteiger partial charge in [-0.2, -0.15) is 0 Å². The summed E-state index contributed by atoms with van der Waals surface area (Å²) in [6.45, 7) is 5.14. The number of hydrogen-bond donors (Lipinski definition) is 2. The zero-order valence-electron chi connectivity index (χ0n) is 15.0. The lowest BCUT2D eigenvalue weighted by Gasteiger charge is -2.27. The molecule has 0 spiro atoms. The number of rotatable bonds is 5. The molecule has 1 aliphatic rings. The quantitative estimate of drug-likeness (QED) is 0.850. The Hall–Kier alpha value is -2.87. The molecule has 0 unspecified atom stereocenters. The molecule has 138 valence electrons. The van der Waals surface area contributed by atoms with Crippen molar-refractivity contribution >= 4 is 17.7 Å². The number of benzene rings is 1. The summed E-state index contributed by atoms with van der Waals surface area (Å²) >= 11 is 0. The molecular formula is C18H23N5O3. The first-order chi connectivity index (χ1) is 12.6. The van der Waals surface area contributed by atoms with Crippen molar-refractivity contribution < 1.29 is 14.3 Å². The number of morpholine rings is 1. The van der Waals surface area contributed by atoms with Gasteiger partial charge in [0.15, 0.2) is 0 Å². The van der Waals surface area contributed by atoms with Gasteiger partial charge in [0.2, 0.25) is 5.95 Å². The number of nitrogens with zero attached hydrogens (tertiary/aromatic N) is 3. The third kappa shape index (κ3) is 4.82. The van der Waals surface area contributed by atoms with Gasteiger partial charge in [-0.25, -0.2) is 14.8 Å². The second-order valence-corrected chi connectivity index (χ2v) is 5.94. The van der Waals surface area contributed by atoms with Gasteiger partial charge in [0.25, 0.3) is 0 Å². The molecule has 1 aromatic heterocycles. The van der Waals surface area contributed by atoms with E-state index in [1.54, 1.807) is 31.4 Å². The van der Waals surface area contributed by atoms with Crippen LogP contribution in [0.25, 0.3) is 0 Å². The third-order valence-electron chi connectivity index (χ3n) is 3.97. The lowest BCUT2D eigenvalue weighted by Crippen LogP contribution is -2.37. The Morgan fingerprint density at radius 1 is 1.23 bits per heavy atom. The van der Waals surface area contributed by atoms with Crippen LogP contribution in [0.2, 0.25) is 0 Å². The minimum absolute atomic E-state index is 0.292. The van der Waals surface area contributed by atoms with Crippen LogP contribution in [0, 0.1) is 6.92 Å². The minimum atomic E-state index is -0.292. The first-order valence-corrected chi connectivity index (χ1v) is 8.50. The molecule has 1 aliphatic heterocycles. The first kappa shape index (κ1) is 17.9. The summed E-state index contributed by atoms with van der Waals surface area (Å²) in [6, 6.07) is 8.72. The number of nitrogens with one attached hydrogen (secondary N) is 2. The number of aryl methyl sites for hydroxylation is 1. The Labute approximate surface area is 152 Å². The van der Waals surface area contributed by atoms with E-state index >= 15 is 0 Å². The van der Waals surface area contributed by atoms with Gasteiger partial charge in [-0.1, -0.05) is 0 Å². The SMILES string of the molecule is COc1ccc(NC(=O)NCc2cc(C)nc(N3CCOCC3)n2)cc1. The van der Waals surface area contributed by atoms with Crippen LogP contribution in [0.1, 0.15) is 11.4 Å². The normalized spacial score (nSPS) is 14.0. The predicted octanol–water partition coefficient (Wildman–Crippen LogP) is 1.95. The molecule has 8 nitrogen and oxygen atoms in total. The molecule has 0 bridgehead atoms. The van der Waals surface area contributed by atoms with Gasteiger partial charge in [-0.05, 0) is 37.3 Å². The third-order valence-corrected chi connectivity index (χ3v) is 3.97. The van der Waals surface area contributed by atoms with Crippen LogP contribution in [0.5, 0.6) is 5.75 Å². The Kier molecular flexibility index (Phi) is 5.85. The van der Waals surface area contributed by atoms with Crippen molar-refractivity contribution in [3.63, 3.8) is 0 Å². The molecule has 1 fully saturated rings. The summed E-state index contributed by atoms with van der Waals surface area (Å²) < 4.78 is 10.5. The van der Waals surface area contributed by atoms with Crippen LogP contribution in [-0.4, -0.2) is 49.4 Å². The fourth-order valence-electron chi connectivity index (χ4n) is 2.63. The molecule has 2 N–H and O–H groups in total. The number of urea groups is 1. The van der Waals surface area contributed by atoms with Crippen LogP contribution in [0.3, 0.4) is 0 Å². The van der Waals surface area contributed by atoms with E-state index in [0.29, 0.717) is 31.4 Å². The number of hydrogen-bond acceptors (Lipinski definition) is 6. The average molecular weight is 357 g/mol. The molecule has 1 aromatic carbocycles. The van der Waals surface area contributed by atoms with Crippen LogP contribution in [-0.2, 0) is 11.3 Å². The predicted molar refractivity (Wildman–Crippen MR) is 98.7 cm³/mol. The van der Waals surface area contributed by atoms with Crippen molar-refractivity contribution in [2.45, 2.75) is 13.5 Å². The number of anilines is 2. The van der Waals surface area contributed by atoms with Crippen molar-refractivity contribution in [3.8, 4) is 5.75 Å². The molecular weight excluding hydrogens is 334 g/mol. The summed E-state index contributed by atoms with van der Waals surface area (Å²) in [4.78, 5) is 23.2. The highest BCUT2D eigenvalue weighted by Gasteiger charge is 2.15. The zero-order chi connectivity index (χ0) is 18.4. The van der Waals surface area contributed by atoms with E-state index in [-0.39, 0.29) is 6.03 Å². The fourth-order valence-corrected chi connectivity index (χ4v) is 2.63. The summed E-state index contributed by atoms with van der Waals surface area (Å²) in [5.74, 6) is 1.42. The molecule has 2 heterocycles. The van der Waals surface area contributed by atoms with Gasteiger partial charge in [0, 0.05) is 24.5 Å². The van der Waals surface area contributed by atoms with Crippen molar-refractivity contribution in [1.29, 1.82) is 0 Å². The van der Waals surface area contributed by atoms with Crippen molar-refractivity contribution in [3.05, 3.63) is 41.7 Å². The maximum absolute atomic E-state index is 12.1. The lowest BCUT2D eigenvalue weighted by molar-refractivity contribution is 0.122. The monoisotopic (exact) mass is 357 g/mol. The van der Waals surface area contributed by atoms with E-state index in [4.69, 9.17) is 9.47 Å². The fraction of sp³-hybridized carbons (Fsp3) is 0.389. The van der Waals surface area contributed by atoms with Crippen LogP contribution >= 0.6 is 0 Å².